The summed E-state index contributed by atoms with van der Waals surface area (Å²) >= 11 is 0. The van der Waals surface area contributed by atoms with Crippen molar-refractivity contribution in [2.24, 2.45) is 0 Å². The van der Waals surface area contributed by atoms with E-state index in [4.69, 9.17) is 14.2 Å². The van der Waals surface area contributed by atoms with Crippen molar-refractivity contribution in [3.8, 4) is 11.5 Å². The first-order valence-corrected chi connectivity index (χ1v) is 11.9. The standard InChI is InChI=1S/C27H31N3O5/c1-16-5-6-19-13-21(26(31)28-24(19)17(16)2)25-20-15-23(34-4)22(33-3)14-18(20)7-8-30(25)27(32)29-9-11-35-12-10-29/h5-6,13-15,25H,7-12H2,1-4H3,(H,28,31). The lowest BCUT2D eigenvalue weighted by atomic mass is 9.87. The summed E-state index contributed by atoms with van der Waals surface area (Å²) in [5, 5.41) is 0.939. The monoisotopic (exact) mass is 477 g/mol. The maximum Gasteiger partial charge on any atom is 0.320 e. The number of rotatable bonds is 3. The van der Waals surface area contributed by atoms with Gasteiger partial charge >= 0.3 is 6.03 Å². The van der Waals surface area contributed by atoms with Gasteiger partial charge in [-0.25, -0.2) is 4.79 Å². The zero-order chi connectivity index (χ0) is 24.7. The fourth-order valence-electron chi connectivity index (χ4n) is 5.17. The maximum atomic E-state index is 13.7. The van der Waals surface area contributed by atoms with Crippen molar-refractivity contribution in [2.45, 2.75) is 26.3 Å². The molecule has 0 saturated carbocycles. The number of methoxy groups -OCH3 is 2. The Morgan fingerprint density at radius 3 is 2.43 bits per heavy atom. The lowest BCUT2D eigenvalue weighted by molar-refractivity contribution is 0.0399. The van der Waals surface area contributed by atoms with Gasteiger partial charge in [-0.05, 0) is 66.1 Å². The molecule has 2 aromatic carbocycles. The molecule has 1 atom stereocenters. The molecule has 184 valence electrons. The van der Waals surface area contributed by atoms with Crippen molar-refractivity contribution in [2.75, 3.05) is 47.1 Å². The number of carbonyl (C=O) groups is 1. The zero-order valence-corrected chi connectivity index (χ0v) is 20.6. The number of benzene rings is 2. The van der Waals surface area contributed by atoms with E-state index in [0.29, 0.717) is 56.3 Å². The highest BCUT2D eigenvalue weighted by molar-refractivity contribution is 5.84. The lowest BCUT2D eigenvalue weighted by Gasteiger charge is -2.41. The number of hydrogen-bond donors (Lipinski definition) is 1. The van der Waals surface area contributed by atoms with Crippen LogP contribution >= 0.6 is 0 Å². The summed E-state index contributed by atoms with van der Waals surface area (Å²) in [5.41, 5.74) is 5.25. The molecule has 1 saturated heterocycles. The van der Waals surface area contributed by atoms with Crippen LogP contribution < -0.4 is 15.0 Å². The predicted octanol–water partition coefficient (Wildman–Crippen LogP) is 3.56. The number of pyridine rings is 1. The molecule has 1 aromatic heterocycles. The first-order valence-electron chi connectivity index (χ1n) is 11.9. The fraction of sp³-hybridized carbons (Fsp3) is 0.407. The molecular formula is C27H31N3O5. The third-order valence-corrected chi connectivity index (χ3v) is 7.28. The SMILES string of the molecule is COc1cc2c(cc1OC)C(c1cc3ccc(C)c(C)c3[nH]c1=O)N(C(=O)N1CCOCC1)CC2. The van der Waals surface area contributed by atoms with Crippen LogP contribution in [0, 0.1) is 13.8 Å². The Balaban J connectivity index is 1.70. The van der Waals surface area contributed by atoms with Crippen LogP contribution in [0.3, 0.4) is 0 Å². The third-order valence-electron chi connectivity index (χ3n) is 7.28. The van der Waals surface area contributed by atoms with Gasteiger partial charge in [-0.1, -0.05) is 12.1 Å². The first kappa shape index (κ1) is 23.2. The van der Waals surface area contributed by atoms with Gasteiger partial charge in [0.1, 0.15) is 0 Å². The second-order valence-corrected chi connectivity index (χ2v) is 9.16. The van der Waals surface area contributed by atoms with E-state index in [0.717, 1.165) is 33.2 Å². The van der Waals surface area contributed by atoms with E-state index in [-0.39, 0.29) is 11.6 Å². The number of H-pyrrole nitrogens is 1. The van der Waals surface area contributed by atoms with Gasteiger partial charge in [0.2, 0.25) is 0 Å². The summed E-state index contributed by atoms with van der Waals surface area (Å²) in [6.45, 7) is 6.63. The molecule has 35 heavy (non-hydrogen) atoms. The van der Waals surface area contributed by atoms with E-state index in [9.17, 15) is 9.59 Å². The van der Waals surface area contributed by atoms with Gasteiger partial charge in [-0.3, -0.25) is 4.79 Å². The van der Waals surface area contributed by atoms with E-state index in [1.54, 1.807) is 14.2 Å². The molecule has 8 heteroatoms. The molecule has 0 radical (unpaired) electrons. The quantitative estimate of drug-likeness (QED) is 0.624. The summed E-state index contributed by atoms with van der Waals surface area (Å²) in [7, 11) is 3.20. The Morgan fingerprint density at radius 1 is 1.00 bits per heavy atom. The molecule has 3 aromatic rings. The van der Waals surface area contributed by atoms with Crippen LogP contribution in [0.4, 0.5) is 4.79 Å². The zero-order valence-electron chi connectivity index (χ0n) is 20.6. The molecule has 8 nitrogen and oxygen atoms in total. The summed E-state index contributed by atoms with van der Waals surface area (Å²) < 4.78 is 16.6. The Kier molecular flexibility index (Phi) is 6.15. The van der Waals surface area contributed by atoms with Crippen molar-refractivity contribution in [1.29, 1.82) is 0 Å². The summed E-state index contributed by atoms with van der Waals surface area (Å²) in [4.78, 5) is 34.0. The van der Waals surface area contributed by atoms with Crippen molar-refractivity contribution >= 4 is 16.9 Å². The Morgan fingerprint density at radius 2 is 1.71 bits per heavy atom. The number of ether oxygens (including phenoxy) is 3. The van der Waals surface area contributed by atoms with Gasteiger partial charge < -0.3 is 29.0 Å². The first-order chi connectivity index (χ1) is 16.9. The summed E-state index contributed by atoms with van der Waals surface area (Å²) in [5.74, 6) is 1.21. The van der Waals surface area contributed by atoms with Crippen LogP contribution in [0.25, 0.3) is 10.9 Å². The molecule has 2 aliphatic heterocycles. The van der Waals surface area contributed by atoms with E-state index in [1.165, 1.54) is 0 Å². The molecule has 1 fully saturated rings. The number of urea groups is 1. The van der Waals surface area contributed by atoms with Gasteiger partial charge in [-0.2, -0.15) is 0 Å². The highest BCUT2D eigenvalue weighted by Gasteiger charge is 2.37. The second-order valence-electron chi connectivity index (χ2n) is 9.16. The van der Waals surface area contributed by atoms with Crippen molar-refractivity contribution in [3.05, 3.63) is 68.5 Å². The number of aromatic nitrogens is 1. The van der Waals surface area contributed by atoms with E-state index >= 15 is 0 Å². The number of aromatic amines is 1. The van der Waals surface area contributed by atoms with E-state index < -0.39 is 6.04 Å². The summed E-state index contributed by atoms with van der Waals surface area (Å²) in [6, 6.07) is 9.23. The number of amides is 2. The predicted molar refractivity (Wildman–Crippen MR) is 134 cm³/mol. The van der Waals surface area contributed by atoms with Gasteiger partial charge in [0.05, 0.1) is 39.0 Å². The number of hydrogen-bond acceptors (Lipinski definition) is 5. The topological polar surface area (TPSA) is 84.1 Å². The van der Waals surface area contributed by atoms with Gasteiger partial charge in [-0.15, -0.1) is 0 Å². The van der Waals surface area contributed by atoms with Gasteiger partial charge in [0.25, 0.3) is 5.56 Å². The number of morpholine rings is 1. The van der Waals surface area contributed by atoms with Crippen LogP contribution in [0.15, 0.2) is 35.1 Å². The van der Waals surface area contributed by atoms with E-state index in [2.05, 4.69) is 11.1 Å². The van der Waals surface area contributed by atoms with Crippen LogP contribution in [-0.2, 0) is 11.2 Å². The normalized spacial score (nSPS) is 17.9. The minimum absolute atomic E-state index is 0.0849. The molecule has 3 heterocycles. The van der Waals surface area contributed by atoms with Crippen molar-refractivity contribution < 1.29 is 19.0 Å². The number of aryl methyl sites for hydroxylation is 2. The molecule has 2 amide bonds. The molecule has 0 bridgehead atoms. The van der Waals surface area contributed by atoms with Crippen LogP contribution in [0.1, 0.15) is 33.9 Å². The van der Waals surface area contributed by atoms with Gasteiger partial charge in [0, 0.05) is 25.2 Å². The smallest absolute Gasteiger partial charge is 0.320 e. The molecule has 0 spiro atoms. The number of fused-ring (bicyclic) bond motifs is 2. The lowest BCUT2D eigenvalue weighted by Crippen LogP contribution is -2.52. The minimum atomic E-state index is -0.552. The molecule has 5 rings (SSSR count). The molecule has 2 aliphatic rings. The van der Waals surface area contributed by atoms with Crippen LogP contribution in [0.2, 0.25) is 0 Å². The Bertz CT molecular complexity index is 1340. The molecule has 0 aliphatic carbocycles. The van der Waals surface area contributed by atoms with E-state index in [1.807, 2.05) is 47.9 Å². The highest BCUT2D eigenvalue weighted by atomic mass is 16.5. The highest BCUT2D eigenvalue weighted by Crippen LogP contribution is 2.41. The largest absolute Gasteiger partial charge is 0.493 e. The molecular weight excluding hydrogens is 446 g/mol. The number of nitrogens with one attached hydrogen (secondary N) is 1. The summed E-state index contributed by atoms with van der Waals surface area (Å²) in [6.07, 6.45) is 0.659. The van der Waals surface area contributed by atoms with Crippen molar-refractivity contribution in [3.63, 3.8) is 0 Å². The minimum Gasteiger partial charge on any atom is -0.493 e. The third kappa shape index (κ3) is 4.01. The van der Waals surface area contributed by atoms with Crippen molar-refractivity contribution in [1.82, 2.24) is 14.8 Å². The van der Waals surface area contributed by atoms with Crippen LogP contribution in [0.5, 0.6) is 11.5 Å². The fourth-order valence-corrected chi connectivity index (χ4v) is 5.17. The maximum absolute atomic E-state index is 13.7. The van der Waals surface area contributed by atoms with Gasteiger partial charge in [0.15, 0.2) is 11.5 Å². The van der Waals surface area contributed by atoms with Crippen LogP contribution in [-0.4, -0.2) is 67.9 Å². The number of carbonyl (C=O) groups excluding carboxylic acids is 1. The average Bonchev–Trinajstić information content (AvgIpc) is 2.89. The second kappa shape index (κ2) is 9.26. The molecule has 1 N–H and O–H groups in total. The average molecular weight is 478 g/mol. The Labute approximate surface area is 204 Å². The Hall–Kier alpha value is -3.52. The molecule has 1 unspecified atom stereocenters. The number of nitrogens with zero attached hydrogens (tertiary/aromatic N) is 2.